The monoisotopic (exact) mass is 463 g/mol. The average Bonchev–Trinajstić information content (AvgIpc) is 3.22. The molecule has 10 nitrogen and oxygen atoms in total. The third-order valence-electron chi connectivity index (χ3n) is 5.42. The fourth-order valence-electron chi connectivity index (χ4n) is 3.88. The predicted octanol–water partition coefficient (Wildman–Crippen LogP) is 1.93. The molecule has 1 unspecified atom stereocenters. The molecule has 34 heavy (non-hydrogen) atoms. The van der Waals surface area contributed by atoms with Gasteiger partial charge in [-0.25, -0.2) is 15.0 Å². The quantitative estimate of drug-likeness (QED) is 0.604. The molecule has 0 aromatic heterocycles. The first-order valence-electron chi connectivity index (χ1n) is 10.8. The number of anilines is 1. The van der Waals surface area contributed by atoms with Crippen molar-refractivity contribution in [1.82, 2.24) is 20.2 Å². The van der Waals surface area contributed by atoms with Crippen LogP contribution in [0.15, 0.2) is 66.5 Å². The Labute approximate surface area is 196 Å². The highest BCUT2D eigenvalue weighted by atomic mass is 16.5. The maximum atomic E-state index is 13.3. The molecule has 2 N–H and O–H groups in total. The van der Waals surface area contributed by atoms with Gasteiger partial charge in [0.2, 0.25) is 5.91 Å². The van der Waals surface area contributed by atoms with E-state index in [0.29, 0.717) is 5.70 Å². The van der Waals surface area contributed by atoms with Crippen LogP contribution in [-0.2, 0) is 20.9 Å². The Balaban J connectivity index is 1.56. The zero-order valence-corrected chi connectivity index (χ0v) is 18.9. The van der Waals surface area contributed by atoms with Gasteiger partial charge in [0.05, 0.1) is 30.1 Å². The Morgan fingerprint density at radius 2 is 1.74 bits per heavy atom. The maximum Gasteiger partial charge on any atom is 0.340 e. The molecule has 2 heterocycles. The van der Waals surface area contributed by atoms with Gasteiger partial charge in [0.25, 0.3) is 5.91 Å². The van der Waals surface area contributed by atoms with Crippen LogP contribution >= 0.6 is 0 Å². The second-order valence-electron chi connectivity index (χ2n) is 7.82. The summed E-state index contributed by atoms with van der Waals surface area (Å²) in [7, 11) is 1.71. The van der Waals surface area contributed by atoms with Crippen LogP contribution in [0.4, 0.5) is 10.5 Å². The minimum atomic E-state index is -0.786. The molecule has 2 aliphatic rings. The van der Waals surface area contributed by atoms with E-state index in [1.807, 2.05) is 30.3 Å². The summed E-state index contributed by atoms with van der Waals surface area (Å²) in [5, 5.41) is 4.27. The zero-order chi connectivity index (χ0) is 24.2. The van der Waals surface area contributed by atoms with Gasteiger partial charge < -0.3 is 15.1 Å². The number of hydrogen-bond acceptors (Lipinski definition) is 7. The third kappa shape index (κ3) is 4.62. The van der Waals surface area contributed by atoms with E-state index in [9.17, 15) is 19.2 Å². The summed E-state index contributed by atoms with van der Waals surface area (Å²) in [5.74, 6) is -1.47. The second-order valence-corrected chi connectivity index (χ2v) is 7.82. The molecule has 2 aromatic carbocycles. The number of rotatable bonds is 7. The summed E-state index contributed by atoms with van der Waals surface area (Å²) in [6.45, 7) is 1.63. The number of amides is 4. The molecule has 0 saturated carbocycles. The van der Waals surface area contributed by atoms with Gasteiger partial charge >= 0.3 is 12.0 Å². The van der Waals surface area contributed by atoms with Crippen LogP contribution in [0, 0.1) is 0 Å². The number of nitrogens with zero attached hydrogens (tertiary/aromatic N) is 3. The summed E-state index contributed by atoms with van der Waals surface area (Å²) >= 11 is 0. The van der Waals surface area contributed by atoms with Crippen molar-refractivity contribution in [1.29, 1.82) is 0 Å². The smallest absolute Gasteiger partial charge is 0.340 e. The van der Waals surface area contributed by atoms with Crippen LogP contribution in [0.25, 0.3) is 0 Å². The van der Waals surface area contributed by atoms with Crippen molar-refractivity contribution in [3.8, 4) is 0 Å². The van der Waals surface area contributed by atoms with Gasteiger partial charge in [-0.3, -0.25) is 19.4 Å². The van der Waals surface area contributed by atoms with Crippen molar-refractivity contribution < 1.29 is 23.9 Å². The van der Waals surface area contributed by atoms with Crippen molar-refractivity contribution >= 4 is 29.5 Å². The molecule has 2 aliphatic heterocycles. The van der Waals surface area contributed by atoms with Gasteiger partial charge in [0.15, 0.2) is 0 Å². The summed E-state index contributed by atoms with van der Waals surface area (Å²) in [4.78, 5) is 54.0. The second kappa shape index (κ2) is 9.75. The number of hydrazine groups is 1. The number of carbonyl (C=O) groups is 4. The van der Waals surface area contributed by atoms with Gasteiger partial charge in [-0.1, -0.05) is 42.5 Å². The molecule has 0 bridgehead atoms. The molecule has 0 aliphatic carbocycles. The number of carbonyl (C=O) groups excluding carboxylic acids is 4. The number of hydrogen-bond donors (Lipinski definition) is 2. The molecule has 4 amide bonds. The van der Waals surface area contributed by atoms with Gasteiger partial charge in [0.1, 0.15) is 12.6 Å². The molecule has 0 spiro atoms. The molecule has 4 rings (SSSR count). The zero-order valence-electron chi connectivity index (χ0n) is 18.9. The maximum absolute atomic E-state index is 13.3. The van der Waals surface area contributed by atoms with Crippen LogP contribution in [0.3, 0.4) is 0 Å². The van der Waals surface area contributed by atoms with Gasteiger partial charge in [0, 0.05) is 13.2 Å². The van der Waals surface area contributed by atoms with Gasteiger partial charge in [-0.05, 0) is 24.6 Å². The standard InChI is InChI=1S/C24H25N5O5/c1-3-34-23(32)17-11-7-8-12-18(17)25-20(30)15-28-19-14-27(2)26-21(19)22(31)29(24(28)33)13-16-9-5-4-6-10-16/h4-12,14,21,26H,3,13,15H2,1-2H3,(H,25,30). The Hall–Kier alpha value is -4.18. The normalized spacial score (nSPS) is 17.4. The van der Waals surface area contributed by atoms with Crippen molar-refractivity contribution in [2.24, 2.45) is 0 Å². The van der Waals surface area contributed by atoms with E-state index >= 15 is 0 Å². The lowest BCUT2D eigenvalue weighted by Gasteiger charge is -2.37. The average molecular weight is 463 g/mol. The first-order chi connectivity index (χ1) is 16.4. The Morgan fingerprint density at radius 3 is 2.47 bits per heavy atom. The van der Waals surface area contributed by atoms with Crippen molar-refractivity contribution in [2.45, 2.75) is 19.5 Å². The predicted molar refractivity (Wildman–Crippen MR) is 123 cm³/mol. The summed E-state index contributed by atoms with van der Waals surface area (Å²) in [6.07, 6.45) is 1.61. The van der Waals surface area contributed by atoms with Crippen LogP contribution in [0.2, 0.25) is 0 Å². The number of benzene rings is 2. The number of imide groups is 1. The molecule has 0 radical (unpaired) electrons. The van der Waals surface area contributed by atoms with E-state index in [1.54, 1.807) is 49.4 Å². The van der Waals surface area contributed by atoms with Crippen molar-refractivity contribution in [3.05, 3.63) is 77.6 Å². The van der Waals surface area contributed by atoms with Crippen molar-refractivity contribution in [3.63, 3.8) is 0 Å². The Bertz CT molecular complexity index is 1150. The van der Waals surface area contributed by atoms with E-state index in [4.69, 9.17) is 4.74 Å². The molecule has 1 saturated heterocycles. The fraction of sp³-hybridized carbons (Fsp3) is 0.250. The molecule has 1 atom stereocenters. The largest absolute Gasteiger partial charge is 0.462 e. The SMILES string of the molecule is CCOC(=O)c1ccccc1NC(=O)CN1C(=O)N(Cc2ccccc2)C(=O)C2NN(C)C=C21. The molecular formula is C24H25N5O5. The van der Waals surface area contributed by atoms with E-state index < -0.39 is 29.9 Å². The topological polar surface area (TPSA) is 111 Å². The van der Waals surface area contributed by atoms with Crippen LogP contribution < -0.4 is 10.7 Å². The van der Waals surface area contributed by atoms with E-state index in [0.717, 1.165) is 10.5 Å². The van der Waals surface area contributed by atoms with Gasteiger partial charge in [-0.2, -0.15) is 0 Å². The third-order valence-corrected chi connectivity index (χ3v) is 5.42. The lowest BCUT2D eigenvalue weighted by atomic mass is 10.1. The minimum Gasteiger partial charge on any atom is -0.462 e. The van der Waals surface area contributed by atoms with Gasteiger partial charge in [-0.15, -0.1) is 0 Å². The van der Waals surface area contributed by atoms with E-state index in [1.165, 1.54) is 4.90 Å². The lowest BCUT2D eigenvalue weighted by molar-refractivity contribution is -0.133. The number of para-hydroxylation sites is 1. The molecule has 2 aromatic rings. The van der Waals surface area contributed by atoms with Crippen LogP contribution in [-0.4, -0.2) is 64.9 Å². The van der Waals surface area contributed by atoms with Crippen LogP contribution in [0.1, 0.15) is 22.8 Å². The minimum absolute atomic E-state index is 0.0808. The highest BCUT2D eigenvalue weighted by molar-refractivity contribution is 6.06. The van der Waals surface area contributed by atoms with Crippen LogP contribution in [0.5, 0.6) is 0 Å². The lowest BCUT2D eigenvalue weighted by Crippen LogP contribution is -2.60. The highest BCUT2D eigenvalue weighted by Gasteiger charge is 2.46. The van der Waals surface area contributed by atoms with E-state index in [2.05, 4.69) is 10.7 Å². The molecule has 176 valence electrons. The Morgan fingerprint density at radius 1 is 1.03 bits per heavy atom. The Kier molecular flexibility index (Phi) is 6.60. The number of ether oxygens (including phenoxy) is 1. The molecule has 1 fully saturated rings. The fourth-order valence-corrected chi connectivity index (χ4v) is 3.88. The number of fused-ring (bicyclic) bond motifs is 1. The number of esters is 1. The summed E-state index contributed by atoms with van der Waals surface area (Å²) in [5.41, 5.74) is 4.66. The number of urea groups is 1. The summed E-state index contributed by atoms with van der Waals surface area (Å²) < 4.78 is 5.05. The highest BCUT2D eigenvalue weighted by Crippen LogP contribution is 2.27. The van der Waals surface area contributed by atoms with Crippen molar-refractivity contribution in [2.75, 3.05) is 25.5 Å². The molecule has 10 heteroatoms. The summed E-state index contributed by atoms with van der Waals surface area (Å²) in [6, 6.07) is 14.2. The molecular weight excluding hydrogens is 438 g/mol. The van der Waals surface area contributed by atoms with E-state index in [-0.39, 0.29) is 30.9 Å². The number of nitrogens with one attached hydrogen (secondary N) is 2. The first-order valence-corrected chi connectivity index (χ1v) is 10.8. The first kappa shape index (κ1) is 23.0.